The Kier molecular flexibility index (Phi) is 4.91. The number of hydrogen-bond donors (Lipinski definition) is 2. The number of nitrogens with two attached hydrogens (primary N) is 1. The highest BCUT2D eigenvalue weighted by atomic mass is 35.5. The van der Waals surface area contributed by atoms with Crippen molar-refractivity contribution >= 4 is 28.9 Å². The van der Waals surface area contributed by atoms with Gasteiger partial charge in [0.25, 0.3) is 0 Å². The number of anilines is 1. The summed E-state index contributed by atoms with van der Waals surface area (Å²) in [6.45, 7) is -0.238. The van der Waals surface area contributed by atoms with E-state index in [9.17, 15) is 30.7 Å². The second-order valence-corrected chi connectivity index (χ2v) is 4.66. The quantitative estimate of drug-likeness (QED) is 0.611. The molecule has 0 atom stereocenters. The smallest absolute Gasteiger partial charge is 0.370 e. The molecule has 2 nitrogen and oxygen atoms in total. The van der Waals surface area contributed by atoms with Gasteiger partial charge in [0.1, 0.15) is 0 Å². The minimum atomic E-state index is -6.24. The number of rotatable bonds is 3. The van der Waals surface area contributed by atoms with E-state index < -0.39 is 33.6 Å². The molecular weight excluding hydrogens is 352 g/mol. The highest BCUT2D eigenvalue weighted by Gasteiger charge is 2.73. The molecule has 1 rings (SSSR count). The molecule has 0 radical (unpaired) electrons. The lowest BCUT2D eigenvalue weighted by Gasteiger charge is -2.30. The summed E-state index contributed by atoms with van der Waals surface area (Å²) in [4.78, 5) is 0. The summed E-state index contributed by atoms with van der Waals surface area (Å²) in [5.41, 5.74) is -2.45. The van der Waals surface area contributed by atoms with Gasteiger partial charge in [-0.05, 0) is 12.1 Å². The molecule has 0 aliphatic carbocycles. The Balaban J connectivity index is 3.56. The molecule has 0 bridgehead atoms. The number of alkyl halides is 7. The topological polar surface area (TPSA) is 38.0 Å². The van der Waals surface area contributed by atoms with Crippen molar-refractivity contribution in [2.75, 3.05) is 12.0 Å². The van der Waals surface area contributed by atoms with Crippen LogP contribution in [0.3, 0.4) is 0 Å². The van der Waals surface area contributed by atoms with Gasteiger partial charge in [0.2, 0.25) is 0 Å². The third-order valence-corrected chi connectivity index (χ3v) is 3.10. The van der Waals surface area contributed by atoms with E-state index in [-0.39, 0.29) is 24.5 Å². The molecule has 0 aliphatic rings. The molecule has 0 aromatic heterocycles. The van der Waals surface area contributed by atoms with Gasteiger partial charge in [-0.25, -0.2) is 4.39 Å². The second-order valence-electron chi connectivity index (χ2n) is 3.85. The summed E-state index contributed by atoms with van der Waals surface area (Å²) in [7, 11) is 0. The SMILES string of the molecule is NCNc1c(Cl)cc(C(F)(C(F)(F)F)C(F)(F)F)cc1Cl. The number of benzene rings is 1. The van der Waals surface area contributed by atoms with Crippen molar-refractivity contribution in [3.63, 3.8) is 0 Å². The van der Waals surface area contributed by atoms with Crippen LogP contribution in [0.15, 0.2) is 12.1 Å². The lowest BCUT2D eigenvalue weighted by atomic mass is 9.94. The number of halogens is 9. The third-order valence-electron chi connectivity index (χ3n) is 2.50. The van der Waals surface area contributed by atoms with Crippen molar-refractivity contribution in [3.8, 4) is 0 Å². The Morgan fingerprint density at radius 3 is 1.57 bits per heavy atom. The lowest BCUT2D eigenvalue weighted by molar-refractivity contribution is -0.348. The molecule has 1 aromatic rings. The maximum absolute atomic E-state index is 13.8. The summed E-state index contributed by atoms with van der Waals surface area (Å²) in [5, 5.41) is 1.08. The van der Waals surface area contributed by atoms with Gasteiger partial charge in [0.15, 0.2) is 0 Å². The normalized spacial score (nSPS) is 13.4. The predicted octanol–water partition coefficient (Wildman–Crippen LogP) is 4.61. The average Bonchev–Trinajstić information content (AvgIpc) is 2.29. The Bertz CT molecular complexity index is 490. The zero-order chi connectivity index (χ0) is 16.6. The van der Waals surface area contributed by atoms with Crippen LogP contribution < -0.4 is 11.1 Å². The van der Waals surface area contributed by atoms with Gasteiger partial charge >= 0.3 is 18.0 Å². The Labute approximate surface area is 124 Å². The van der Waals surface area contributed by atoms with Crippen molar-refractivity contribution in [1.29, 1.82) is 0 Å². The zero-order valence-electron chi connectivity index (χ0n) is 9.84. The molecule has 120 valence electrons. The molecule has 0 heterocycles. The van der Waals surface area contributed by atoms with E-state index in [0.29, 0.717) is 0 Å². The highest BCUT2D eigenvalue weighted by molar-refractivity contribution is 6.39. The Morgan fingerprint density at radius 1 is 0.905 bits per heavy atom. The van der Waals surface area contributed by atoms with Crippen LogP contribution in [0.25, 0.3) is 0 Å². The van der Waals surface area contributed by atoms with Crippen molar-refractivity contribution in [2.24, 2.45) is 5.73 Å². The molecule has 21 heavy (non-hydrogen) atoms. The Morgan fingerprint density at radius 2 is 1.29 bits per heavy atom. The molecule has 0 aliphatic heterocycles. The largest absolute Gasteiger partial charge is 0.435 e. The highest BCUT2D eigenvalue weighted by Crippen LogP contribution is 2.54. The van der Waals surface area contributed by atoms with Gasteiger partial charge in [-0.1, -0.05) is 23.2 Å². The van der Waals surface area contributed by atoms with Gasteiger partial charge in [-0.3, -0.25) is 0 Å². The maximum atomic E-state index is 13.8. The van der Waals surface area contributed by atoms with Crippen LogP contribution in [-0.2, 0) is 5.67 Å². The van der Waals surface area contributed by atoms with E-state index >= 15 is 0 Å². The van der Waals surface area contributed by atoms with E-state index in [1.54, 1.807) is 0 Å². The molecule has 0 fully saturated rings. The van der Waals surface area contributed by atoms with Crippen LogP contribution in [0.2, 0.25) is 10.0 Å². The maximum Gasteiger partial charge on any atom is 0.435 e. The Hall–Kier alpha value is -0.930. The number of nitrogens with one attached hydrogen (secondary N) is 1. The second kappa shape index (κ2) is 5.69. The van der Waals surface area contributed by atoms with Gasteiger partial charge in [0, 0.05) is 5.56 Å². The standard InChI is InChI=1S/C10H7Cl2F7N2/c11-5-1-4(2-6(12)7(5)21-3-20)8(13,9(14,15)16)10(17,18)19/h1-2,21H,3,20H2. The van der Waals surface area contributed by atoms with Gasteiger partial charge in [0.05, 0.1) is 22.4 Å². The summed E-state index contributed by atoms with van der Waals surface area (Å²) < 4.78 is 89.3. The molecular formula is C10H7Cl2F7N2. The fraction of sp³-hybridized carbons (Fsp3) is 0.400. The van der Waals surface area contributed by atoms with Crippen LogP contribution in [0.5, 0.6) is 0 Å². The molecule has 1 aromatic carbocycles. The molecule has 0 saturated carbocycles. The van der Waals surface area contributed by atoms with E-state index in [2.05, 4.69) is 5.32 Å². The summed E-state index contributed by atoms with van der Waals surface area (Å²) >= 11 is 11.0. The van der Waals surface area contributed by atoms with E-state index in [4.69, 9.17) is 28.9 Å². The first-order valence-electron chi connectivity index (χ1n) is 5.12. The van der Waals surface area contributed by atoms with E-state index in [1.807, 2.05) is 0 Å². The first-order valence-corrected chi connectivity index (χ1v) is 5.87. The molecule has 11 heteroatoms. The fourth-order valence-electron chi connectivity index (χ4n) is 1.53. The fourth-order valence-corrected chi connectivity index (χ4v) is 2.15. The summed E-state index contributed by atoms with van der Waals surface area (Å²) in [5.74, 6) is 0. The lowest BCUT2D eigenvalue weighted by Crippen LogP contribution is -2.50. The predicted molar refractivity (Wildman–Crippen MR) is 64.0 cm³/mol. The summed E-state index contributed by atoms with van der Waals surface area (Å²) in [6.07, 6.45) is -12.5. The average molecular weight is 359 g/mol. The van der Waals surface area contributed by atoms with Gasteiger partial charge in [-0.2, -0.15) is 26.3 Å². The van der Waals surface area contributed by atoms with Crippen molar-refractivity contribution in [1.82, 2.24) is 0 Å². The summed E-state index contributed by atoms with van der Waals surface area (Å²) in [6, 6.07) is 0.402. The molecule has 0 amide bonds. The van der Waals surface area contributed by atoms with E-state index in [1.165, 1.54) is 0 Å². The van der Waals surface area contributed by atoms with Crippen molar-refractivity contribution in [2.45, 2.75) is 18.0 Å². The molecule has 0 unspecified atom stereocenters. The monoisotopic (exact) mass is 358 g/mol. The van der Waals surface area contributed by atoms with Crippen molar-refractivity contribution < 1.29 is 30.7 Å². The first kappa shape index (κ1) is 18.1. The van der Waals surface area contributed by atoms with Crippen molar-refractivity contribution in [3.05, 3.63) is 27.7 Å². The van der Waals surface area contributed by atoms with E-state index in [0.717, 1.165) is 0 Å². The molecule has 0 spiro atoms. The minimum absolute atomic E-state index is 0.198. The van der Waals surface area contributed by atoms with Gasteiger partial charge in [-0.15, -0.1) is 0 Å². The van der Waals surface area contributed by atoms with Crippen LogP contribution in [0.1, 0.15) is 5.56 Å². The van der Waals surface area contributed by atoms with Crippen LogP contribution >= 0.6 is 23.2 Å². The molecule has 0 saturated heterocycles. The minimum Gasteiger partial charge on any atom is -0.370 e. The van der Waals surface area contributed by atoms with Gasteiger partial charge < -0.3 is 11.1 Å². The van der Waals surface area contributed by atoms with Crippen LogP contribution in [0.4, 0.5) is 36.4 Å². The first-order chi connectivity index (χ1) is 9.36. The number of hydrogen-bond acceptors (Lipinski definition) is 2. The third kappa shape index (κ3) is 3.14. The van der Waals surface area contributed by atoms with Crippen LogP contribution in [-0.4, -0.2) is 19.0 Å². The molecule has 3 N–H and O–H groups in total. The van der Waals surface area contributed by atoms with Crippen LogP contribution in [0, 0.1) is 0 Å². The zero-order valence-corrected chi connectivity index (χ0v) is 11.4.